The van der Waals surface area contributed by atoms with Gasteiger partial charge in [-0.1, -0.05) is 18.7 Å². The summed E-state index contributed by atoms with van der Waals surface area (Å²) in [5, 5.41) is 3.88. The third kappa shape index (κ3) is 5.04. The molecule has 1 N–H and O–H groups in total. The molecule has 10 heteroatoms. The fourth-order valence-corrected chi connectivity index (χ4v) is 4.04. The molecule has 0 radical (unpaired) electrons. The molecule has 7 nitrogen and oxygen atoms in total. The molecule has 188 valence electrons. The molecular weight excluding hydrogens is 485 g/mol. The summed E-state index contributed by atoms with van der Waals surface area (Å²) in [5.74, 6) is 1.27. The van der Waals surface area contributed by atoms with Crippen molar-refractivity contribution in [2.45, 2.75) is 12.8 Å². The first-order valence-corrected chi connectivity index (χ1v) is 11.3. The molecule has 0 aliphatic carbocycles. The predicted molar refractivity (Wildman–Crippen MR) is 133 cm³/mol. The Balaban J connectivity index is 1.35. The van der Waals surface area contributed by atoms with E-state index in [2.05, 4.69) is 21.9 Å². The van der Waals surface area contributed by atoms with Crippen LogP contribution in [-0.2, 0) is 17.6 Å². The molecule has 1 aliphatic rings. The van der Waals surface area contributed by atoms with E-state index in [1.54, 1.807) is 47.4 Å². The Morgan fingerprint density at radius 3 is 2.70 bits per heavy atom. The van der Waals surface area contributed by atoms with Gasteiger partial charge >= 0.3 is 6.18 Å². The first kappa shape index (κ1) is 24.1. The summed E-state index contributed by atoms with van der Waals surface area (Å²) in [6.45, 7) is 4.29. The highest BCUT2D eigenvalue weighted by atomic mass is 19.4. The highest BCUT2D eigenvalue weighted by molar-refractivity contribution is 6.07. The van der Waals surface area contributed by atoms with Gasteiger partial charge in [0.1, 0.15) is 31.1 Å². The molecule has 3 aromatic carbocycles. The molecular formula is C27H21F3N4O3. The molecule has 0 fully saturated rings. The topological polar surface area (TPSA) is 76.6 Å². The van der Waals surface area contributed by atoms with Crippen molar-refractivity contribution < 1.29 is 27.4 Å². The number of hydrogen-bond acceptors (Lipinski definition) is 6. The van der Waals surface area contributed by atoms with Gasteiger partial charge in [0.05, 0.1) is 28.7 Å². The number of aromatic nitrogens is 2. The molecule has 0 spiro atoms. The lowest BCUT2D eigenvalue weighted by molar-refractivity contribution is -0.137. The number of alkyl halides is 3. The van der Waals surface area contributed by atoms with Crippen LogP contribution < -0.4 is 19.7 Å². The molecule has 5 rings (SSSR count). The monoisotopic (exact) mass is 506 g/mol. The van der Waals surface area contributed by atoms with Gasteiger partial charge in [0.2, 0.25) is 0 Å². The van der Waals surface area contributed by atoms with Crippen molar-refractivity contribution in [3.8, 4) is 11.5 Å². The second-order valence-corrected chi connectivity index (χ2v) is 8.21. The van der Waals surface area contributed by atoms with Gasteiger partial charge in [0, 0.05) is 5.69 Å². The molecule has 2 heterocycles. The molecule has 1 amide bonds. The normalized spacial score (nSPS) is 13.0. The smallest absolute Gasteiger partial charge is 0.416 e. The molecule has 1 aliphatic heterocycles. The number of fused-ring (bicyclic) bond motifs is 3. The average molecular weight is 506 g/mol. The van der Waals surface area contributed by atoms with E-state index in [4.69, 9.17) is 9.47 Å². The lowest BCUT2D eigenvalue weighted by Crippen LogP contribution is -2.36. The Labute approximate surface area is 210 Å². The van der Waals surface area contributed by atoms with Crippen LogP contribution in [0.2, 0.25) is 0 Å². The summed E-state index contributed by atoms with van der Waals surface area (Å²) in [4.78, 5) is 22.6. The maximum Gasteiger partial charge on any atom is 0.416 e. The van der Waals surface area contributed by atoms with E-state index in [1.807, 2.05) is 0 Å². The van der Waals surface area contributed by atoms with E-state index in [0.29, 0.717) is 58.3 Å². The van der Waals surface area contributed by atoms with Crippen LogP contribution in [0.5, 0.6) is 11.5 Å². The van der Waals surface area contributed by atoms with Crippen molar-refractivity contribution in [2.75, 3.05) is 23.4 Å². The summed E-state index contributed by atoms with van der Waals surface area (Å²) >= 11 is 0. The van der Waals surface area contributed by atoms with E-state index < -0.39 is 11.7 Å². The Bertz CT molecular complexity index is 1470. The Morgan fingerprint density at radius 1 is 1.14 bits per heavy atom. The van der Waals surface area contributed by atoms with Gasteiger partial charge in [0.15, 0.2) is 5.75 Å². The van der Waals surface area contributed by atoms with Crippen LogP contribution >= 0.6 is 0 Å². The van der Waals surface area contributed by atoms with Gasteiger partial charge in [-0.05, 0) is 60.2 Å². The number of nitrogens with one attached hydrogen (secondary N) is 1. The number of hydrogen-bond donors (Lipinski definition) is 1. The Morgan fingerprint density at radius 2 is 1.95 bits per heavy atom. The summed E-state index contributed by atoms with van der Waals surface area (Å²) < 4.78 is 50.4. The van der Waals surface area contributed by atoms with Crippen LogP contribution in [0, 0.1) is 0 Å². The largest absolute Gasteiger partial charge is 0.489 e. The molecule has 0 saturated heterocycles. The first-order valence-electron chi connectivity index (χ1n) is 11.3. The van der Waals surface area contributed by atoms with Gasteiger partial charge in [0.25, 0.3) is 5.91 Å². The van der Waals surface area contributed by atoms with Gasteiger partial charge in [-0.25, -0.2) is 9.97 Å². The summed E-state index contributed by atoms with van der Waals surface area (Å²) in [6.07, 6.45) is -1.71. The number of carbonyl (C=O) groups excluding carboxylic acids is 1. The maximum absolute atomic E-state index is 12.9. The SMILES string of the molecule is C=CC(=O)N1CCOc2c1ccc1ncnc(Nc3ccc(OCc4cccc(C(F)(F)F)c4)cc3)c21. The van der Waals surface area contributed by atoms with Crippen LogP contribution in [-0.4, -0.2) is 29.0 Å². The van der Waals surface area contributed by atoms with Crippen molar-refractivity contribution in [3.05, 3.63) is 90.8 Å². The minimum Gasteiger partial charge on any atom is -0.489 e. The summed E-state index contributed by atoms with van der Waals surface area (Å²) in [7, 11) is 0. The molecule has 0 atom stereocenters. The first-order chi connectivity index (χ1) is 17.8. The van der Waals surface area contributed by atoms with Crippen molar-refractivity contribution in [1.29, 1.82) is 0 Å². The minimum absolute atomic E-state index is 0.00333. The number of amides is 1. The molecule has 0 bridgehead atoms. The molecule has 4 aromatic rings. The highest BCUT2D eigenvalue weighted by Crippen LogP contribution is 2.41. The molecule has 37 heavy (non-hydrogen) atoms. The number of halogens is 3. The lowest BCUT2D eigenvalue weighted by atomic mass is 10.1. The number of rotatable bonds is 6. The molecule has 0 saturated carbocycles. The summed E-state index contributed by atoms with van der Waals surface area (Å²) in [5.41, 5.74) is 1.65. The van der Waals surface area contributed by atoms with Gasteiger partial charge in [-0.3, -0.25) is 4.79 Å². The zero-order valence-corrected chi connectivity index (χ0v) is 19.5. The fraction of sp³-hybridized carbons (Fsp3) is 0.148. The van der Waals surface area contributed by atoms with Crippen LogP contribution in [0.1, 0.15) is 11.1 Å². The van der Waals surface area contributed by atoms with Crippen molar-refractivity contribution in [3.63, 3.8) is 0 Å². The zero-order chi connectivity index (χ0) is 26.0. The van der Waals surface area contributed by atoms with Crippen molar-refractivity contribution >= 4 is 34.0 Å². The van der Waals surface area contributed by atoms with Gasteiger partial charge < -0.3 is 19.7 Å². The van der Waals surface area contributed by atoms with E-state index in [0.717, 1.165) is 12.1 Å². The fourth-order valence-electron chi connectivity index (χ4n) is 4.04. The lowest BCUT2D eigenvalue weighted by Gasteiger charge is -2.29. The predicted octanol–water partition coefficient (Wildman–Crippen LogP) is 5.88. The third-order valence-electron chi connectivity index (χ3n) is 5.80. The number of anilines is 3. The number of ether oxygens (including phenoxy) is 2. The number of benzene rings is 3. The van der Waals surface area contributed by atoms with Crippen LogP contribution in [0.15, 0.2) is 79.6 Å². The number of nitrogens with zero attached hydrogens (tertiary/aromatic N) is 3. The van der Waals surface area contributed by atoms with Crippen molar-refractivity contribution in [1.82, 2.24) is 9.97 Å². The van der Waals surface area contributed by atoms with E-state index in [-0.39, 0.29) is 12.5 Å². The van der Waals surface area contributed by atoms with E-state index >= 15 is 0 Å². The number of carbonyl (C=O) groups is 1. The van der Waals surface area contributed by atoms with Gasteiger partial charge in [-0.15, -0.1) is 0 Å². The minimum atomic E-state index is -4.40. The van der Waals surface area contributed by atoms with Crippen LogP contribution in [0.25, 0.3) is 10.9 Å². The quantitative estimate of drug-likeness (QED) is 0.329. The Kier molecular flexibility index (Phi) is 6.39. The summed E-state index contributed by atoms with van der Waals surface area (Å²) in [6, 6.07) is 15.5. The van der Waals surface area contributed by atoms with E-state index in [1.165, 1.54) is 18.5 Å². The average Bonchev–Trinajstić information content (AvgIpc) is 2.91. The Hall–Kier alpha value is -4.60. The van der Waals surface area contributed by atoms with E-state index in [9.17, 15) is 18.0 Å². The highest BCUT2D eigenvalue weighted by Gasteiger charge is 2.30. The zero-order valence-electron chi connectivity index (χ0n) is 19.5. The van der Waals surface area contributed by atoms with Crippen molar-refractivity contribution in [2.24, 2.45) is 0 Å². The van der Waals surface area contributed by atoms with Crippen LogP contribution in [0.3, 0.4) is 0 Å². The second kappa shape index (κ2) is 9.81. The van der Waals surface area contributed by atoms with Crippen LogP contribution in [0.4, 0.5) is 30.4 Å². The second-order valence-electron chi connectivity index (χ2n) is 8.21. The molecule has 1 aromatic heterocycles. The van der Waals surface area contributed by atoms with Gasteiger partial charge in [-0.2, -0.15) is 13.2 Å². The third-order valence-corrected chi connectivity index (χ3v) is 5.80. The maximum atomic E-state index is 12.9. The molecule has 0 unspecified atom stereocenters. The standard InChI is InChI=1S/C27H21F3N4O3/c1-2-23(35)34-12-13-36-25-22(34)11-10-21-24(25)26(32-16-31-21)33-19-6-8-20(9-7-19)37-15-17-4-3-5-18(14-17)27(28,29)30/h2-11,14,16H,1,12-13,15H2,(H,31,32,33).